The fourth-order valence-electron chi connectivity index (χ4n) is 1.69. The number of nitrogens with one attached hydrogen (secondary N) is 1. The number of hydrogen-bond donors (Lipinski definition) is 1. The number of hydrogen-bond acceptors (Lipinski definition) is 2. The highest BCUT2D eigenvalue weighted by Gasteiger charge is 2.10. The molecule has 1 unspecified atom stereocenters. The number of halogens is 1. The summed E-state index contributed by atoms with van der Waals surface area (Å²) >= 11 is 3.50. The second-order valence-corrected chi connectivity index (χ2v) is 4.83. The second kappa shape index (κ2) is 7.82. The predicted molar refractivity (Wildman–Crippen MR) is 71.9 cm³/mol. The van der Waals surface area contributed by atoms with Crippen molar-refractivity contribution in [2.24, 2.45) is 0 Å². The molecular weight excluding hydrogens is 266 g/mol. The third-order valence-corrected chi connectivity index (χ3v) is 3.00. The summed E-state index contributed by atoms with van der Waals surface area (Å²) in [4.78, 5) is 0. The van der Waals surface area contributed by atoms with Gasteiger partial charge in [0, 0.05) is 24.0 Å². The summed E-state index contributed by atoms with van der Waals surface area (Å²) in [5.74, 6) is 0.425. The molecule has 3 heteroatoms. The number of methoxy groups -OCH3 is 1. The van der Waals surface area contributed by atoms with Gasteiger partial charge in [-0.3, -0.25) is 0 Å². The maximum Gasteiger partial charge on any atom is 0.0543 e. The minimum Gasteiger partial charge on any atom is -0.384 e. The molecule has 1 rings (SSSR count). The van der Waals surface area contributed by atoms with Gasteiger partial charge in [0.15, 0.2) is 0 Å². The van der Waals surface area contributed by atoms with Crippen molar-refractivity contribution in [1.82, 2.24) is 5.32 Å². The lowest BCUT2D eigenvalue weighted by Crippen LogP contribution is -2.25. The summed E-state index contributed by atoms with van der Waals surface area (Å²) in [6, 6.07) is 8.44. The summed E-state index contributed by atoms with van der Waals surface area (Å²) < 4.78 is 6.40. The van der Waals surface area contributed by atoms with Crippen LogP contribution in [0, 0.1) is 0 Å². The molecule has 1 aromatic rings. The first kappa shape index (κ1) is 13.7. The molecule has 0 amide bonds. The van der Waals surface area contributed by atoms with Crippen LogP contribution >= 0.6 is 15.9 Å². The van der Waals surface area contributed by atoms with Gasteiger partial charge in [0.1, 0.15) is 0 Å². The van der Waals surface area contributed by atoms with E-state index in [4.69, 9.17) is 4.74 Å². The van der Waals surface area contributed by atoms with Crippen molar-refractivity contribution >= 4 is 15.9 Å². The van der Waals surface area contributed by atoms with Gasteiger partial charge < -0.3 is 10.1 Å². The van der Waals surface area contributed by atoms with Crippen molar-refractivity contribution in [3.63, 3.8) is 0 Å². The van der Waals surface area contributed by atoms with E-state index >= 15 is 0 Å². The van der Waals surface area contributed by atoms with Gasteiger partial charge >= 0.3 is 0 Å². The summed E-state index contributed by atoms with van der Waals surface area (Å²) in [6.45, 7) is 4.97. The molecular formula is C13H20BrNO. The Kier molecular flexibility index (Phi) is 6.69. The van der Waals surface area contributed by atoms with Crippen LogP contribution in [0.2, 0.25) is 0 Å². The van der Waals surface area contributed by atoms with E-state index in [-0.39, 0.29) is 0 Å². The molecule has 1 aromatic carbocycles. The minimum atomic E-state index is 0.425. The zero-order valence-electron chi connectivity index (χ0n) is 10.0. The molecule has 0 heterocycles. The van der Waals surface area contributed by atoms with Crippen LogP contribution in [0.15, 0.2) is 28.7 Å². The summed E-state index contributed by atoms with van der Waals surface area (Å²) in [5.41, 5.74) is 1.32. The molecule has 0 aliphatic heterocycles. The van der Waals surface area contributed by atoms with E-state index in [1.54, 1.807) is 7.11 Å². The highest BCUT2D eigenvalue weighted by Crippen LogP contribution is 2.19. The van der Waals surface area contributed by atoms with Crippen molar-refractivity contribution in [2.75, 3.05) is 26.8 Å². The van der Waals surface area contributed by atoms with E-state index in [0.29, 0.717) is 5.92 Å². The average Bonchev–Trinajstić information content (AvgIpc) is 2.28. The minimum absolute atomic E-state index is 0.425. The highest BCUT2D eigenvalue weighted by atomic mass is 79.9. The molecule has 0 fully saturated rings. The molecule has 0 spiro atoms. The van der Waals surface area contributed by atoms with E-state index in [1.807, 2.05) is 6.07 Å². The maximum atomic E-state index is 5.27. The number of benzene rings is 1. The Labute approximate surface area is 107 Å². The molecule has 0 aromatic heterocycles. The number of rotatable bonds is 7. The van der Waals surface area contributed by atoms with Gasteiger partial charge in [0.2, 0.25) is 0 Å². The Morgan fingerprint density at radius 1 is 1.44 bits per heavy atom. The Morgan fingerprint density at radius 3 is 2.88 bits per heavy atom. The molecule has 0 saturated heterocycles. The Morgan fingerprint density at radius 2 is 2.25 bits per heavy atom. The molecule has 0 radical (unpaired) electrons. The molecule has 2 nitrogen and oxygen atoms in total. The average molecular weight is 286 g/mol. The van der Waals surface area contributed by atoms with E-state index in [1.165, 1.54) is 5.56 Å². The van der Waals surface area contributed by atoms with Crippen molar-refractivity contribution in [1.29, 1.82) is 0 Å². The van der Waals surface area contributed by atoms with Gasteiger partial charge in [-0.25, -0.2) is 0 Å². The zero-order chi connectivity index (χ0) is 11.8. The first-order valence-electron chi connectivity index (χ1n) is 5.73. The normalized spacial score (nSPS) is 12.7. The smallest absolute Gasteiger partial charge is 0.0543 e. The summed E-state index contributed by atoms with van der Waals surface area (Å²) in [7, 11) is 1.75. The van der Waals surface area contributed by atoms with Crippen LogP contribution in [0.5, 0.6) is 0 Å². The topological polar surface area (TPSA) is 21.3 Å². The summed E-state index contributed by atoms with van der Waals surface area (Å²) in [5, 5.41) is 3.44. The fourth-order valence-corrected chi connectivity index (χ4v) is 2.10. The van der Waals surface area contributed by atoms with E-state index in [2.05, 4.69) is 46.4 Å². The lowest BCUT2D eigenvalue weighted by Gasteiger charge is -2.17. The van der Waals surface area contributed by atoms with E-state index in [0.717, 1.165) is 30.6 Å². The van der Waals surface area contributed by atoms with Crippen LogP contribution in [0.25, 0.3) is 0 Å². The molecule has 16 heavy (non-hydrogen) atoms. The van der Waals surface area contributed by atoms with Gasteiger partial charge in [-0.15, -0.1) is 0 Å². The third-order valence-electron chi connectivity index (χ3n) is 2.51. The highest BCUT2D eigenvalue weighted by molar-refractivity contribution is 9.10. The quantitative estimate of drug-likeness (QED) is 0.777. The van der Waals surface area contributed by atoms with Gasteiger partial charge in [0.25, 0.3) is 0 Å². The number of ether oxygens (including phenoxy) is 1. The second-order valence-electron chi connectivity index (χ2n) is 3.91. The van der Waals surface area contributed by atoms with Crippen molar-refractivity contribution in [2.45, 2.75) is 19.3 Å². The zero-order valence-corrected chi connectivity index (χ0v) is 11.6. The van der Waals surface area contributed by atoms with Crippen molar-refractivity contribution < 1.29 is 4.74 Å². The first-order chi connectivity index (χ1) is 7.77. The Balaban J connectivity index is 2.61. The van der Waals surface area contributed by atoms with Crippen LogP contribution in [0.4, 0.5) is 0 Å². The molecule has 0 aliphatic rings. The molecule has 0 aliphatic carbocycles. The van der Waals surface area contributed by atoms with Crippen molar-refractivity contribution in [3.05, 3.63) is 34.3 Å². The van der Waals surface area contributed by atoms with Gasteiger partial charge in [-0.2, -0.15) is 0 Å². The molecule has 1 atom stereocenters. The van der Waals surface area contributed by atoms with Crippen LogP contribution in [-0.2, 0) is 4.74 Å². The van der Waals surface area contributed by atoms with Crippen LogP contribution in [0.1, 0.15) is 24.8 Å². The third kappa shape index (κ3) is 4.64. The van der Waals surface area contributed by atoms with Gasteiger partial charge in [-0.05, 0) is 30.7 Å². The molecule has 1 N–H and O–H groups in total. The van der Waals surface area contributed by atoms with E-state index in [9.17, 15) is 0 Å². The largest absolute Gasteiger partial charge is 0.384 e. The lowest BCUT2D eigenvalue weighted by atomic mass is 10.00. The molecule has 90 valence electrons. The Hall–Kier alpha value is -0.380. The Bertz CT molecular complexity index is 304. The molecule has 0 bridgehead atoms. The van der Waals surface area contributed by atoms with Gasteiger partial charge in [-0.1, -0.05) is 35.0 Å². The van der Waals surface area contributed by atoms with Crippen LogP contribution in [-0.4, -0.2) is 26.8 Å². The maximum absolute atomic E-state index is 5.27. The fraction of sp³-hybridized carbons (Fsp3) is 0.538. The van der Waals surface area contributed by atoms with Gasteiger partial charge in [0.05, 0.1) is 6.61 Å². The lowest BCUT2D eigenvalue weighted by molar-refractivity contribution is 0.178. The summed E-state index contributed by atoms with van der Waals surface area (Å²) in [6.07, 6.45) is 1.16. The molecule has 0 saturated carbocycles. The monoisotopic (exact) mass is 285 g/mol. The van der Waals surface area contributed by atoms with E-state index < -0.39 is 0 Å². The van der Waals surface area contributed by atoms with Crippen LogP contribution < -0.4 is 5.32 Å². The van der Waals surface area contributed by atoms with Crippen LogP contribution in [0.3, 0.4) is 0 Å². The standard InChI is InChI=1S/C13H20BrNO/c1-3-7-15-9-12(10-16-2)11-5-4-6-13(14)8-11/h4-6,8,12,15H,3,7,9-10H2,1-2H3. The predicted octanol–water partition coefficient (Wildman–Crippen LogP) is 3.18. The van der Waals surface area contributed by atoms with Crippen molar-refractivity contribution in [3.8, 4) is 0 Å². The SMILES string of the molecule is CCCNCC(COC)c1cccc(Br)c1. The first-order valence-corrected chi connectivity index (χ1v) is 6.52.